The summed E-state index contributed by atoms with van der Waals surface area (Å²) in [5, 5.41) is 3.58. The van der Waals surface area contributed by atoms with Gasteiger partial charge >= 0.3 is 6.09 Å². The highest BCUT2D eigenvalue weighted by Crippen LogP contribution is 2.41. The highest BCUT2D eigenvalue weighted by Gasteiger charge is 2.44. The second kappa shape index (κ2) is 10.7. The number of ether oxygens (including phenoxy) is 2. The van der Waals surface area contributed by atoms with Crippen molar-refractivity contribution < 1.29 is 14.3 Å². The van der Waals surface area contributed by atoms with E-state index in [1.165, 1.54) is 24.9 Å². The fraction of sp³-hybridized carbons (Fsp3) is 0.519. The van der Waals surface area contributed by atoms with E-state index in [0.29, 0.717) is 31.8 Å². The number of anilines is 1. The van der Waals surface area contributed by atoms with Gasteiger partial charge in [0.2, 0.25) is 0 Å². The molecule has 1 saturated carbocycles. The second-order valence-electron chi connectivity index (χ2n) is 9.62. The van der Waals surface area contributed by atoms with Crippen LogP contribution >= 0.6 is 0 Å². The molecule has 34 heavy (non-hydrogen) atoms. The highest BCUT2D eigenvalue weighted by molar-refractivity contribution is 5.67. The van der Waals surface area contributed by atoms with Crippen LogP contribution in [0.1, 0.15) is 24.8 Å². The third kappa shape index (κ3) is 5.31. The molecule has 2 aromatic rings. The van der Waals surface area contributed by atoms with Crippen molar-refractivity contribution in [1.82, 2.24) is 15.1 Å². The fourth-order valence-electron chi connectivity index (χ4n) is 5.28. The molecule has 0 bridgehead atoms. The summed E-state index contributed by atoms with van der Waals surface area (Å²) in [5.41, 5.74) is 2.59. The van der Waals surface area contributed by atoms with Gasteiger partial charge in [0.05, 0.1) is 5.54 Å². The summed E-state index contributed by atoms with van der Waals surface area (Å²) in [4.78, 5) is 19.1. The van der Waals surface area contributed by atoms with Crippen LogP contribution in [0.25, 0.3) is 0 Å². The maximum atomic E-state index is 12.4. The molecular formula is C27H36N4O3. The molecule has 5 rings (SSSR count). The van der Waals surface area contributed by atoms with Crippen molar-refractivity contribution in [2.45, 2.75) is 31.4 Å². The molecule has 2 saturated heterocycles. The van der Waals surface area contributed by atoms with E-state index >= 15 is 0 Å². The van der Waals surface area contributed by atoms with Gasteiger partial charge in [0, 0.05) is 64.1 Å². The Kier molecular flexibility index (Phi) is 7.21. The number of hydrogen-bond acceptors (Lipinski definition) is 6. The van der Waals surface area contributed by atoms with Crippen molar-refractivity contribution in [3.63, 3.8) is 0 Å². The number of nitrogens with zero attached hydrogens (tertiary/aromatic N) is 3. The monoisotopic (exact) mass is 464 g/mol. The van der Waals surface area contributed by atoms with Gasteiger partial charge in [-0.25, -0.2) is 4.79 Å². The predicted octanol–water partition coefficient (Wildman–Crippen LogP) is 3.35. The van der Waals surface area contributed by atoms with E-state index in [-0.39, 0.29) is 6.09 Å². The SMILES string of the molecule is O=C(OCc1ccccc1)N1CCN(CCOc2cccc(N3CCNCC34CCC4)c2)CC1. The molecular weight excluding hydrogens is 428 g/mol. The molecule has 3 aliphatic rings. The van der Waals surface area contributed by atoms with E-state index in [2.05, 4.69) is 39.4 Å². The fourth-order valence-corrected chi connectivity index (χ4v) is 5.28. The van der Waals surface area contributed by atoms with Crippen LogP contribution in [-0.2, 0) is 11.3 Å². The first kappa shape index (κ1) is 23.0. The van der Waals surface area contributed by atoms with E-state index in [9.17, 15) is 4.79 Å². The molecule has 0 radical (unpaired) electrons. The Labute approximate surface area is 202 Å². The molecule has 1 spiro atoms. The minimum Gasteiger partial charge on any atom is -0.492 e. The van der Waals surface area contributed by atoms with Crippen molar-refractivity contribution in [2.75, 3.05) is 63.9 Å². The first-order chi connectivity index (χ1) is 16.7. The molecule has 2 heterocycles. The van der Waals surface area contributed by atoms with Crippen LogP contribution in [0, 0.1) is 0 Å². The second-order valence-corrected chi connectivity index (χ2v) is 9.62. The lowest BCUT2D eigenvalue weighted by atomic mass is 9.74. The topological polar surface area (TPSA) is 57.3 Å². The number of benzene rings is 2. The van der Waals surface area contributed by atoms with E-state index < -0.39 is 0 Å². The lowest BCUT2D eigenvalue weighted by molar-refractivity contribution is 0.0684. The van der Waals surface area contributed by atoms with Gasteiger partial charge in [-0.1, -0.05) is 36.4 Å². The van der Waals surface area contributed by atoms with Crippen molar-refractivity contribution in [2.24, 2.45) is 0 Å². The molecule has 2 aliphatic heterocycles. The molecule has 2 aromatic carbocycles. The Morgan fingerprint density at radius 1 is 0.971 bits per heavy atom. The molecule has 7 nitrogen and oxygen atoms in total. The first-order valence-electron chi connectivity index (χ1n) is 12.6. The normalized spacial score (nSPS) is 20.1. The van der Waals surface area contributed by atoms with Crippen LogP contribution in [0.3, 0.4) is 0 Å². The molecule has 1 amide bonds. The average Bonchev–Trinajstić information content (AvgIpc) is 2.87. The van der Waals surface area contributed by atoms with Gasteiger partial charge in [0.15, 0.2) is 0 Å². The predicted molar refractivity (Wildman–Crippen MR) is 133 cm³/mol. The average molecular weight is 465 g/mol. The standard InChI is InChI=1S/C27H36N4O3/c32-26(34-21-23-6-2-1-3-7-23)30-16-14-29(15-17-30)18-19-33-25-9-4-8-24(20-25)31-13-12-28-22-27(31)10-5-11-27/h1-4,6-9,20,28H,5,10-19,21-22H2. The number of rotatable bonds is 7. The zero-order valence-electron chi connectivity index (χ0n) is 20.0. The lowest BCUT2D eigenvalue weighted by Crippen LogP contribution is -2.65. The van der Waals surface area contributed by atoms with E-state index in [0.717, 1.165) is 50.6 Å². The largest absolute Gasteiger partial charge is 0.492 e. The van der Waals surface area contributed by atoms with Gasteiger partial charge in [0.25, 0.3) is 0 Å². The lowest BCUT2D eigenvalue weighted by Gasteiger charge is -2.54. The molecule has 7 heteroatoms. The third-order valence-corrected chi connectivity index (χ3v) is 7.46. The Balaban J connectivity index is 1.04. The van der Waals surface area contributed by atoms with Crippen LogP contribution in [0.2, 0.25) is 0 Å². The Morgan fingerprint density at radius 3 is 2.56 bits per heavy atom. The first-order valence-corrected chi connectivity index (χ1v) is 12.6. The number of hydrogen-bond donors (Lipinski definition) is 1. The van der Waals surface area contributed by atoms with Gasteiger partial charge in [-0.3, -0.25) is 4.90 Å². The number of nitrogens with one attached hydrogen (secondary N) is 1. The van der Waals surface area contributed by atoms with Gasteiger partial charge in [0.1, 0.15) is 19.0 Å². The molecule has 1 aliphatic carbocycles. The Morgan fingerprint density at radius 2 is 1.79 bits per heavy atom. The summed E-state index contributed by atoms with van der Waals surface area (Å²) in [6.07, 6.45) is 3.65. The number of carbonyl (C=O) groups is 1. The van der Waals surface area contributed by atoms with Gasteiger partial charge in [-0.2, -0.15) is 0 Å². The van der Waals surface area contributed by atoms with Crippen molar-refractivity contribution in [1.29, 1.82) is 0 Å². The van der Waals surface area contributed by atoms with Crippen LogP contribution in [0.4, 0.5) is 10.5 Å². The van der Waals surface area contributed by atoms with Crippen molar-refractivity contribution in [3.8, 4) is 5.75 Å². The molecule has 0 atom stereocenters. The zero-order valence-corrected chi connectivity index (χ0v) is 20.0. The minimum atomic E-state index is -0.228. The van der Waals surface area contributed by atoms with Gasteiger partial charge < -0.3 is 24.6 Å². The smallest absolute Gasteiger partial charge is 0.410 e. The maximum Gasteiger partial charge on any atom is 0.410 e. The van der Waals surface area contributed by atoms with E-state index in [4.69, 9.17) is 9.47 Å². The quantitative estimate of drug-likeness (QED) is 0.678. The van der Waals surface area contributed by atoms with Crippen LogP contribution < -0.4 is 15.0 Å². The van der Waals surface area contributed by atoms with E-state index in [1.807, 2.05) is 30.3 Å². The molecule has 3 fully saturated rings. The summed E-state index contributed by atoms with van der Waals surface area (Å²) in [6, 6.07) is 18.4. The summed E-state index contributed by atoms with van der Waals surface area (Å²) < 4.78 is 11.6. The maximum absolute atomic E-state index is 12.4. The molecule has 0 unspecified atom stereocenters. The molecule has 0 aromatic heterocycles. The van der Waals surface area contributed by atoms with Crippen LogP contribution in [0.15, 0.2) is 54.6 Å². The Bertz CT molecular complexity index is 942. The van der Waals surface area contributed by atoms with Crippen molar-refractivity contribution >= 4 is 11.8 Å². The zero-order chi connectivity index (χ0) is 23.2. The Hall–Kier alpha value is -2.77. The number of carbonyl (C=O) groups excluding carboxylic acids is 1. The molecule has 1 N–H and O–H groups in total. The summed E-state index contributed by atoms with van der Waals surface area (Å²) in [7, 11) is 0. The summed E-state index contributed by atoms with van der Waals surface area (Å²) in [5.74, 6) is 0.939. The number of piperazine rings is 2. The highest BCUT2D eigenvalue weighted by atomic mass is 16.6. The van der Waals surface area contributed by atoms with Gasteiger partial charge in [-0.05, 0) is 37.0 Å². The van der Waals surface area contributed by atoms with Crippen LogP contribution in [0.5, 0.6) is 5.75 Å². The summed E-state index contributed by atoms with van der Waals surface area (Å²) >= 11 is 0. The number of amides is 1. The van der Waals surface area contributed by atoms with E-state index in [1.54, 1.807) is 4.90 Å². The van der Waals surface area contributed by atoms with Crippen LogP contribution in [-0.4, -0.2) is 80.4 Å². The van der Waals surface area contributed by atoms with Gasteiger partial charge in [-0.15, -0.1) is 0 Å². The third-order valence-electron chi connectivity index (χ3n) is 7.46. The molecule has 182 valence electrons. The van der Waals surface area contributed by atoms with Crippen molar-refractivity contribution in [3.05, 3.63) is 60.2 Å². The minimum absolute atomic E-state index is 0.228. The summed E-state index contributed by atoms with van der Waals surface area (Å²) in [6.45, 7) is 8.07.